The van der Waals surface area contributed by atoms with Gasteiger partial charge in [-0.3, -0.25) is 9.20 Å². The summed E-state index contributed by atoms with van der Waals surface area (Å²) in [5, 5.41) is 4.92. The molecule has 0 bridgehead atoms. The molecule has 27 heavy (non-hydrogen) atoms. The van der Waals surface area contributed by atoms with Crippen LogP contribution in [-0.2, 0) is 11.2 Å². The third-order valence-corrected chi connectivity index (χ3v) is 5.31. The quantitative estimate of drug-likeness (QED) is 0.542. The molecule has 1 amide bonds. The number of nitrogens with one attached hydrogen (secondary N) is 1. The Morgan fingerprint density at radius 3 is 2.70 bits per heavy atom. The van der Waals surface area contributed by atoms with Crippen LogP contribution in [0.4, 0.5) is 10.1 Å². The number of aryl methyl sites for hydroxylation is 2. The molecule has 6 heteroatoms. The van der Waals surface area contributed by atoms with Gasteiger partial charge in [-0.25, -0.2) is 9.37 Å². The van der Waals surface area contributed by atoms with Crippen LogP contribution in [-0.4, -0.2) is 15.3 Å². The number of thiazole rings is 1. The molecule has 0 atom stereocenters. The van der Waals surface area contributed by atoms with Gasteiger partial charge < -0.3 is 5.32 Å². The summed E-state index contributed by atoms with van der Waals surface area (Å²) in [7, 11) is 0. The van der Waals surface area contributed by atoms with Gasteiger partial charge in [-0.2, -0.15) is 0 Å². The number of rotatable bonds is 4. The topological polar surface area (TPSA) is 46.4 Å². The molecule has 0 aliphatic carbocycles. The van der Waals surface area contributed by atoms with Gasteiger partial charge in [-0.05, 0) is 49.7 Å². The van der Waals surface area contributed by atoms with Crippen LogP contribution in [0.3, 0.4) is 0 Å². The molecule has 0 spiro atoms. The van der Waals surface area contributed by atoms with Gasteiger partial charge in [0.1, 0.15) is 5.82 Å². The minimum absolute atomic E-state index is 0.0707. The minimum Gasteiger partial charge on any atom is -0.326 e. The van der Waals surface area contributed by atoms with Crippen LogP contribution in [0.15, 0.2) is 54.0 Å². The number of carbonyl (C=O) groups is 1. The molecule has 0 unspecified atom stereocenters. The fraction of sp³-hybridized carbons (Fsp3) is 0.143. The molecule has 2 aromatic carbocycles. The summed E-state index contributed by atoms with van der Waals surface area (Å²) >= 11 is 1.48. The molecule has 4 aromatic rings. The zero-order valence-electron chi connectivity index (χ0n) is 15.0. The monoisotopic (exact) mass is 379 g/mol. The molecule has 0 saturated heterocycles. The lowest BCUT2D eigenvalue weighted by atomic mass is 10.1. The van der Waals surface area contributed by atoms with Crippen LogP contribution in [0.1, 0.15) is 16.8 Å². The SMILES string of the molecule is Cc1ccc(NC(=O)Cc2csc3nc(-c4ccc(F)cc4)cn23)c(C)c1. The number of benzene rings is 2. The Kier molecular flexibility index (Phi) is 4.49. The zero-order chi connectivity index (χ0) is 19.0. The number of hydrogen-bond acceptors (Lipinski definition) is 3. The van der Waals surface area contributed by atoms with E-state index in [1.807, 2.05) is 48.0 Å². The van der Waals surface area contributed by atoms with Crippen LogP contribution < -0.4 is 5.32 Å². The van der Waals surface area contributed by atoms with E-state index in [-0.39, 0.29) is 18.1 Å². The van der Waals surface area contributed by atoms with E-state index in [0.717, 1.165) is 38.7 Å². The number of carbonyl (C=O) groups excluding carboxylic acids is 1. The van der Waals surface area contributed by atoms with Gasteiger partial charge in [0.2, 0.25) is 5.91 Å². The van der Waals surface area contributed by atoms with Crippen molar-refractivity contribution >= 4 is 27.9 Å². The third-order valence-electron chi connectivity index (χ3n) is 4.42. The second-order valence-corrected chi connectivity index (χ2v) is 7.39. The summed E-state index contributed by atoms with van der Waals surface area (Å²) in [6, 6.07) is 12.2. The molecule has 0 aliphatic heterocycles. The highest BCUT2D eigenvalue weighted by Gasteiger charge is 2.13. The lowest BCUT2D eigenvalue weighted by molar-refractivity contribution is -0.115. The van der Waals surface area contributed by atoms with Crippen LogP contribution >= 0.6 is 11.3 Å². The van der Waals surface area contributed by atoms with Gasteiger partial charge in [0.05, 0.1) is 12.1 Å². The highest BCUT2D eigenvalue weighted by molar-refractivity contribution is 7.15. The molecule has 0 fully saturated rings. The number of fused-ring (bicyclic) bond motifs is 1. The standard InChI is InChI=1S/C21H18FN3OS/c1-13-3-8-18(14(2)9-13)23-20(26)10-17-12-27-21-24-19(11-25(17)21)15-4-6-16(22)7-5-15/h3-9,11-12H,10H2,1-2H3,(H,23,26). The van der Waals surface area contributed by atoms with Crippen LogP contribution in [0.5, 0.6) is 0 Å². The Hall–Kier alpha value is -2.99. The van der Waals surface area contributed by atoms with Crippen LogP contribution in [0.2, 0.25) is 0 Å². The van der Waals surface area contributed by atoms with Crippen molar-refractivity contribution in [2.75, 3.05) is 5.32 Å². The molecule has 2 aromatic heterocycles. The highest BCUT2D eigenvalue weighted by atomic mass is 32.1. The van der Waals surface area contributed by atoms with E-state index < -0.39 is 0 Å². The fourth-order valence-corrected chi connectivity index (χ4v) is 3.90. The average Bonchev–Trinajstić information content (AvgIpc) is 3.20. The third kappa shape index (κ3) is 3.61. The van der Waals surface area contributed by atoms with Gasteiger partial charge >= 0.3 is 0 Å². The molecule has 136 valence electrons. The van der Waals surface area contributed by atoms with Gasteiger partial charge in [-0.1, -0.05) is 17.7 Å². The first kappa shape index (κ1) is 17.4. The number of nitrogens with zero attached hydrogens (tertiary/aromatic N) is 2. The van der Waals surface area contributed by atoms with E-state index in [9.17, 15) is 9.18 Å². The molecule has 4 rings (SSSR count). The molecular weight excluding hydrogens is 361 g/mol. The summed E-state index contributed by atoms with van der Waals surface area (Å²) in [6.07, 6.45) is 2.14. The second kappa shape index (κ2) is 6.96. The maximum Gasteiger partial charge on any atom is 0.230 e. The summed E-state index contributed by atoms with van der Waals surface area (Å²) in [4.78, 5) is 17.9. The van der Waals surface area contributed by atoms with Crippen molar-refractivity contribution in [3.05, 3.63) is 76.7 Å². The molecule has 1 N–H and O–H groups in total. The van der Waals surface area contributed by atoms with E-state index in [1.165, 1.54) is 23.5 Å². The maximum absolute atomic E-state index is 13.1. The van der Waals surface area contributed by atoms with Crippen molar-refractivity contribution in [2.45, 2.75) is 20.3 Å². The first-order chi connectivity index (χ1) is 13.0. The number of aromatic nitrogens is 2. The van der Waals surface area contributed by atoms with Crippen molar-refractivity contribution < 1.29 is 9.18 Å². The van der Waals surface area contributed by atoms with Gasteiger partial charge in [0.25, 0.3) is 0 Å². The Labute approximate surface area is 160 Å². The predicted octanol–water partition coefficient (Wildman–Crippen LogP) is 5.00. The lowest BCUT2D eigenvalue weighted by Crippen LogP contribution is -2.16. The van der Waals surface area contributed by atoms with E-state index >= 15 is 0 Å². The second-order valence-electron chi connectivity index (χ2n) is 6.56. The summed E-state index contributed by atoms with van der Waals surface area (Å²) < 4.78 is 15.0. The zero-order valence-corrected chi connectivity index (χ0v) is 15.8. The first-order valence-electron chi connectivity index (χ1n) is 8.58. The van der Waals surface area contributed by atoms with E-state index in [0.29, 0.717) is 0 Å². The Morgan fingerprint density at radius 1 is 1.19 bits per heavy atom. The first-order valence-corrected chi connectivity index (χ1v) is 9.46. The number of halogens is 1. The number of amides is 1. The van der Waals surface area contributed by atoms with Crippen LogP contribution in [0.25, 0.3) is 16.2 Å². The molecule has 4 nitrogen and oxygen atoms in total. The summed E-state index contributed by atoms with van der Waals surface area (Å²) in [5.74, 6) is -0.345. The number of imidazole rings is 1. The molecule has 0 radical (unpaired) electrons. The van der Waals surface area contributed by atoms with Gasteiger partial charge in [-0.15, -0.1) is 11.3 Å². The molecular formula is C21H18FN3OS. The Balaban J connectivity index is 1.55. The number of hydrogen-bond donors (Lipinski definition) is 1. The normalized spacial score (nSPS) is 11.1. The average molecular weight is 379 g/mol. The summed E-state index contributed by atoms with van der Waals surface area (Å²) in [5.41, 5.74) is 5.51. The summed E-state index contributed by atoms with van der Waals surface area (Å²) in [6.45, 7) is 4.01. The van der Waals surface area contributed by atoms with Crippen molar-refractivity contribution in [3.8, 4) is 11.3 Å². The highest BCUT2D eigenvalue weighted by Crippen LogP contribution is 2.24. The Bertz CT molecular complexity index is 1130. The van der Waals surface area contributed by atoms with Crippen molar-refractivity contribution in [2.24, 2.45) is 0 Å². The fourth-order valence-electron chi connectivity index (χ4n) is 3.03. The van der Waals surface area contributed by atoms with Crippen molar-refractivity contribution in [3.63, 3.8) is 0 Å². The van der Waals surface area contributed by atoms with E-state index in [2.05, 4.69) is 10.3 Å². The smallest absolute Gasteiger partial charge is 0.230 e. The molecule has 0 aliphatic rings. The minimum atomic E-state index is -0.275. The molecule has 2 heterocycles. The molecule has 0 saturated carbocycles. The van der Waals surface area contributed by atoms with E-state index in [1.54, 1.807) is 12.1 Å². The van der Waals surface area contributed by atoms with Gasteiger partial charge in [0, 0.05) is 28.5 Å². The Morgan fingerprint density at radius 2 is 1.96 bits per heavy atom. The van der Waals surface area contributed by atoms with Crippen molar-refractivity contribution in [1.29, 1.82) is 0 Å². The van der Waals surface area contributed by atoms with Crippen LogP contribution in [0, 0.1) is 19.7 Å². The predicted molar refractivity (Wildman–Crippen MR) is 107 cm³/mol. The maximum atomic E-state index is 13.1. The van der Waals surface area contributed by atoms with E-state index in [4.69, 9.17) is 0 Å². The lowest BCUT2D eigenvalue weighted by Gasteiger charge is -2.09. The number of anilines is 1. The van der Waals surface area contributed by atoms with Gasteiger partial charge in [0.15, 0.2) is 4.96 Å². The van der Waals surface area contributed by atoms with Crippen molar-refractivity contribution in [1.82, 2.24) is 9.38 Å². The largest absolute Gasteiger partial charge is 0.326 e.